The fourth-order valence-electron chi connectivity index (χ4n) is 3.54. The van der Waals surface area contributed by atoms with Crippen LogP contribution < -0.4 is 5.32 Å². The quantitative estimate of drug-likeness (QED) is 0.856. The second-order valence-electron chi connectivity index (χ2n) is 6.95. The van der Waals surface area contributed by atoms with E-state index in [9.17, 15) is 9.18 Å². The van der Waals surface area contributed by atoms with Gasteiger partial charge < -0.3 is 5.32 Å². The van der Waals surface area contributed by atoms with Gasteiger partial charge in [-0.1, -0.05) is 18.2 Å². The molecule has 2 aliphatic rings. The van der Waals surface area contributed by atoms with E-state index in [1.165, 1.54) is 6.07 Å². The van der Waals surface area contributed by atoms with Gasteiger partial charge in [-0.2, -0.15) is 5.06 Å². The average molecular weight is 349 g/mol. The molecule has 6 heteroatoms. The van der Waals surface area contributed by atoms with Gasteiger partial charge in [-0.05, 0) is 38.3 Å². The molecule has 2 saturated heterocycles. The minimum atomic E-state index is -0.157. The summed E-state index contributed by atoms with van der Waals surface area (Å²) in [5.41, 5.74) is 0.719. The zero-order valence-electron chi connectivity index (χ0n) is 14.8. The molecule has 0 radical (unpaired) electrons. The van der Waals surface area contributed by atoms with Crippen LogP contribution in [0.15, 0.2) is 24.3 Å². The number of nitrogens with zero attached hydrogens (tertiary/aromatic N) is 2. The van der Waals surface area contributed by atoms with Crippen molar-refractivity contribution in [3.05, 3.63) is 35.6 Å². The van der Waals surface area contributed by atoms with Crippen molar-refractivity contribution in [2.45, 2.75) is 44.7 Å². The van der Waals surface area contributed by atoms with Gasteiger partial charge in [0.15, 0.2) is 0 Å². The molecule has 1 amide bonds. The summed E-state index contributed by atoms with van der Waals surface area (Å²) >= 11 is 0. The molecule has 25 heavy (non-hydrogen) atoms. The van der Waals surface area contributed by atoms with Crippen LogP contribution in [-0.2, 0) is 16.2 Å². The summed E-state index contributed by atoms with van der Waals surface area (Å²) in [5.74, 6) is -0.0814. The van der Waals surface area contributed by atoms with Gasteiger partial charge in [-0.15, -0.1) is 0 Å². The first-order chi connectivity index (χ1) is 12.2. The molecule has 2 aliphatic heterocycles. The van der Waals surface area contributed by atoms with Crippen molar-refractivity contribution in [3.63, 3.8) is 0 Å². The van der Waals surface area contributed by atoms with Crippen molar-refractivity contribution in [2.75, 3.05) is 32.8 Å². The molecule has 2 heterocycles. The van der Waals surface area contributed by atoms with Gasteiger partial charge in [-0.25, -0.2) is 4.39 Å². The van der Waals surface area contributed by atoms with Gasteiger partial charge in [-0.3, -0.25) is 14.5 Å². The number of halogens is 1. The molecular weight excluding hydrogens is 321 g/mol. The Balaban J connectivity index is 1.41. The number of likely N-dealkylation sites (tertiary alicyclic amines) is 1. The van der Waals surface area contributed by atoms with E-state index in [0.717, 1.165) is 57.5 Å². The SMILES string of the molecule is O=C(CCN1CCCCO1)N[C@H]1CCCN(Cc2ccccc2F)C1. The highest BCUT2D eigenvalue weighted by Crippen LogP contribution is 2.16. The summed E-state index contributed by atoms with van der Waals surface area (Å²) in [7, 11) is 0. The van der Waals surface area contributed by atoms with Crippen LogP contribution in [0.2, 0.25) is 0 Å². The van der Waals surface area contributed by atoms with Crippen molar-refractivity contribution >= 4 is 5.91 Å². The molecule has 138 valence electrons. The number of carbonyl (C=O) groups excluding carboxylic acids is 1. The molecule has 1 aromatic carbocycles. The van der Waals surface area contributed by atoms with Gasteiger partial charge in [0, 0.05) is 44.2 Å². The largest absolute Gasteiger partial charge is 0.352 e. The molecule has 1 N–H and O–H groups in total. The van der Waals surface area contributed by atoms with Crippen LogP contribution in [0.4, 0.5) is 4.39 Å². The number of hydrogen-bond donors (Lipinski definition) is 1. The Labute approximate surface area is 149 Å². The predicted octanol–water partition coefficient (Wildman–Crippen LogP) is 2.32. The first kappa shape index (κ1) is 18.3. The Morgan fingerprint density at radius 1 is 1.24 bits per heavy atom. The lowest BCUT2D eigenvalue weighted by atomic mass is 10.0. The lowest BCUT2D eigenvalue weighted by Gasteiger charge is -2.33. The lowest BCUT2D eigenvalue weighted by Crippen LogP contribution is -2.48. The molecule has 0 saturated carbocycles. The molecular formula is C19H28FN3O2. The third-order valence-electron chi connectivity index (χ3n) is 4.89. The maximum absolute atomic E-state index is 13.8. The second-order valence-corrected chi connectivity index (χ2v) is 6.95. The van der Waals surface area contributed by atoms with Crippen LogP contribution in [0.3, 0.4) is 0 Å². The first-order valence-electron chi connectivity index (χ1n) is 9.34. The number of rotatable bonds is 6. The third kappa shape index (κ3) is 5.76. The van der Waals surface area contributed by atoms with E-state index < -0.39 is 0 Å². The molecule has 0 bridgehead atoms. The predicted molar refractivity (Wildman–Crippen MR) is 94.2 cm³/mol. The van der Waals surface area contributed by atoms with Gasteiger partial charge in [0.1, 0.15) is 5.82 Å². The van der Waals surface area contributed by atoms with Crippen LogP contribution in [-0.4, -0.2) is 54.7 Å². The van der Waals surface area contributed by atoms with Crippen LogP contribution in [0, 0.1) is 5.82 Å². The minimum Gasteiger partial charge on any atom is -0.352 e. The van der Waals surface area contributed by atoms with Crippen LogP contribution in [0.1, 0.15) is 37.7 Å². The minimum absolute atomic E-state index is 0.0758. The lowest BCUT2D eigenvalue weighted by molar-refractivity contribution is -0.181. The van der Waals surface area contributed by atoms with Gasteiger partial charge in [0.2, 0.25) is 5.91 Å². The van der Waals surface area contributed by atoms with E-state index in [1.54, 1.807) is 6.07 Å². The maximum Gasteiger partial charge on any atom is 0.221 e. The fourth-order valence-corrected chi connectivity index (χ4v) is 3.54. The molecule has 2 fully saturated rings. The number of carbonyl (C=O) groups is 1. The molecule has 3 rings (SSSR count). The Kier molecular flexibility index (Phi) is 6.78. The summed E-state index contributed by atoms with van der Waals surface area (Å²) in [6.45, 7) is 4.64. The maximum atomic E-state index is 13.8. The Hall–Kier alpha value is -1.50. The van der Waals surface area contributed by atoms with E-state index in [-0.39, 0.29) is 17.8 Å². The number of hydroxylamine groups is 2. The zero-order chi connectivity index (χ0) is 17.5. The monoisotopic (exact) mass is 349 g/mol. The molecule has 0 aromatic heterocycles. The van der Waals surface area contributed by atoms with Gasteiger partial charge >= 0.3 is 0 Å². The first-order valence-corrected chi connectivity index (χ1v) is 9.34. The summed E-state index contributed by atoms with van der Waals surface area (Å²) in [6, 6.07) is 7.06. The van der Waals surface area contributed by atoms with E-state index in [2.05, 4.69) is 10.2 Å². The third-order valence-corrected chi connectivity index (χ3v) is 4.89. The normalized spacial score (nSPS) is 22.7. The van der Waals surface area contributed by atoms with Crippen LogP contribution in [0.25, 0.3) is 0 Å². The summed E-state index contributed by atoms with van der Waals surface area (Å²) < 4.78 is 13.8. The smallest absolute Gasteiger partial charge is 0.221 e. The van der Waals surface area contributed by atoms with Gasteiger partial charge in [0.05, 0.1) is 6.61 Å². The Morgan fingerprint density at radius 3 is 2.92 bits per heavy atom. The van der Waals surface area contributed by atoms with Crippen molar-refractivity contribution in [1.82, 2.24) is 15.3 Å². The molecule has 1 aromatic rings. The van der Waals surface area contributed by atoms with Crippen LogP contribution >= 0.6 is 0 Å². The molecule has 0 aliphatic carbocycles. The summed E-state index contributed by atoms with van der Waals surface area (Å²) in [4.78, 5) is 19.9. The highest BCUT2D eigenvalue weighted by molar-refractivity contribution is 5.76. The van der Waals surface area contributed by atoms with Crippen LogP contribution in [0.5, 0.6) is 0 Å². The highest BCUT2D eigenvalue weighted by Gasteiger charge is 2.22. The van der Waals surface area contributed by atoms with Gasteiger partial charge in [0.25, 0.3) is 0 Å². The number of nitrogens with one attached hydrogen (secondary N) is 1. The Bertz CT molecular complexity index is 563. The fraction of sp³-hybridized carbons (Fsp3) is 0.632. The summed E-state index contributed by atoms with van der Waals surface area (Å²) in [6.07, 6.45) is 4.70. The average Bonchev–Trinajstić information content (AvgIpc) is 2.63. The number of benzene rings is 1. The van der Waals surface area contributed by atoms with Crippen molar-refractivity contribution in [2.24, 2.45) is 0 Å². The van der Waals surface area contributed by atoms with Crippen molar-refractivity contribution < 1.29 is 14.0 Å². The number of hydrogen-bond acceptors (Lipinski definition) is 4. The van der Waals surface area contributed by atoms with E-state index >= 15 is 0 Å². The van der Waals surface area contributed by atoms with E-state index in [4.69, 9.17) is 4.84 Å². The number of piperidine rings is 1. The summed E-state index contributed by atoms with van der Waals surface area (Å²) in [5, 5.41) is 5.03. The van der Waals surface area contributed by atoms with E-state index in [1.807, 2.05) is 17.2 Å². The zero-order valence-corrected chi connectivity index (χ0v) is 14.8. The molecule has 1 atom stereocenters. The molecule has 0 unspecified atom stereocenters. The van der Waals surface area contributed by atoms with Crippen molar-refractivity contribution in [1.29, 1.82) is 0 Å². The molecule has 5 nitrogen and oxygen atoms in total. The van der Waals surface area contributed by atoms with Crippen molar-refractivity contribution in [3.8, 4) is 0 Å². The highest BCUT2D eigenvalue weighted by atomic mass is 19.1. The second kappa shape index (κ2) is 9.27. The Morgan fingerprint density at radius 2 is 2.12 bits per heavy atom. The van der Waals surface area contributed by atoms with E-state index in [0.29, 0.717) is 19.5 Å². The topological polar surface area (TPSA) is 44.8 Å². The molecule has 0 spiro atoms. The number of amides is 1. The standard InChI is InChI=1S/C19H28FN3O2/c20-18-8-2-1-6-16(18)14-22-10-5-7-17(15-22)21-19(24)9-12-23-11-3-4-13-25-23/h1-2,6,8,17H,3-5,7,9-15H2,(H,21,24)/t17-/m0/s1.